The highest BCUT2D eigenvalue weighted by Gasteiger charge is 2.07. The molecular weight excluding hydrogens is 194 g/mol. The lowest BCUT2D eigenvalue weighted by atomic mass is 9.98. The van der Waals surface area contributed by atoms with Gasteiger partial charge in [-0.05, 0) is 5.56 Å². The monoisotopic (exact) mass is 206 g/mol. The Morgan fingerprint density at radius 2 is 1.56 bits per heavy atom. The predicted molar refractivity (Wildman–Crippen MR) is 68.3 cm³/mol. The van der Waals surface area contributed by atoms with Crippen molar-refractivity contribution in [3.63, 3.8) is 0 Å². The average molecular weight is 206 g/mol. The van der Waals surface area contributed by atoms with E-state index in [0.29, 0.717) is 0 Å². The number of rotatable bonds is 3. The van der Waals surface area contributed by atoms with E-state index in [1.807, 2.05) is 54.6 Å². The fourth-order valence-corrected chi connectivity index (χ4v) is 1.64. The molecule has 0 aliphatic rings. The molecule has 1 radical (unpaired) electrons. The average Bonchev–Trinajstić information content (AvgIpc) is 2.39. The van der Waals surface area contributed by atoms with Crippen LogP contribution in [0.5, 0.6) is 0 Å². The highest BCUT2D eigenvalue weighted by Crippen LogP contribution is 2.14. The van der Waals surface area contributed by atoms with E-state index in [1.165, 1.54) is 0 Å². The predicted octanol–water partition coefficient (Wildman–Crippen LogP) is 2.97. The molecule has 0 heterocycles. The van der Waals surface area contributed by atoms with Crippen molar-refractivity contribution in [1.29, 1.82) is 0 Å². The smallest absolute Gasteiger partial charge is 0.101 e. The van der Waals surface area contributed by atoms with Gasteiger partial charge in [-0.25, -0.2) is 0 Å². The molecule has 2 aromatic rings. The standard InChI is InChI=1S/C15H12N/c1-2-12-8-6-7-11-14(12)15(16)13-9-4-3-5-10-13/h2-11H,1H2. The minimum absolute atomic E-state index is 0.288. The summed E-state index contributed by atoms with van der Waals surface area (Å²) in [7, 11) is 0. The van der Waals surface area contributed by atoms with E-state index < -0.39 is 0 Å². The third-order valence-electron chi connectivity index (χ3n) is 2.48. The van der Waals surface area contributed by atoms with Gasteiger partial charge in [-0.15, -0.1) is 5.41 Å². The quantitative estimate of drug-likeness (QED) is 0.689. The molecular formula is C15H12N. The first-order chi connectivity index (χ1) is 7.83. The minimum atomic E-state index is 0.288. The van der Waals surface area contributed by atoms with Crippen molar-refractivity contribution >= 4 is 11.8 Å². The van der Waals surface area contributed by atoms with Crippen molar-refractivity contribution in [1.82, 2.24) is 5.41 Å². The van der Waals surface area contributed by atoms with E-state index in [2.05, 4.69) is 6.58 Å². The molecule has 1 nitrogen and oxygen atoms in total. The van der Waals surface area contributed by atoms with Crippen LogP contribution in [0.3, 0.4) is 0 Å². The van der Waals surface area contributed by atoms with Gasteiger partial charge in [0.2, 0.25) is 0 Å². The van der Waals surface area contributed by atoms with Gasteiger partial charge < -0.3 is 0 Å². The number of hydrogen-bond donors (Lipinski definition) is 0. The third-order valence-corrected chi connectivity index (χ3v) is 2.48. The van der Waals surface area contributed by atoms with Crippen LogP contribution in [0.15, 0.2) is 61.2 Å². The van der Waals surface area contributed by atoms with Crippen LogP contribution in [0, 0.1) is 0 Å². The molecule has 0 atom stereocenters. The Labute approximate surface area is 95.6 Å². The maximum atomic E-state index is 10.2. The largest absolute Gasteiger partial charge is 0.149 e. The second-order valence-corrected chi connectivity index (χ2v) is 3.51. The normalized spacial score (nSPS) is 9.75. The van der Waals surface area contributed by atoms with Crippen LogP contribution in [-0.2, 0) is 0 Å². The topological polar surface area (TPSA) is 22.3 Å². The van der Waals surface area contributed by atoms with Gasteiger partial charge in [-0.3, -0.25) is 0 Å². The van der Waals surface area contributed by atoms with Crippen molar-refractivity contribution in [3.05, 3.63) is 77.9 Å². The Morgan fingerprint density at radius 1 is 0.938 bits per heavy atom. The molecule has 2 aromatic carbocycles. The van der Waals surface area contributed by atoms with E-state index in [4.69, 9.17) is 0 Å². The molecule has 16 heavy (non-hydrogen) atoms. The van der Waals surface area contributed by atoms with Gasteiger partial charge >= 0.3 is 0 Å². The molecule has 0 aliphatic heterocycles. The third kappa shape index (κ3) is 1.94. The van der Waals surface area contributed by atoms with Crippen molar-refractivity contribution in [2.45, 2.75) is 0 Å². The van der Waals surface area contributed by atoms with Crippen LogP contribution in [-0.4, -0.2) is 5.71 Å². The van der Waals surface area contributed by atoms with Gasteiger partial charge in [0.25, 0.3) is 0 Å². The molecule has 1 heteroatoms. The number of benzene rings is 2. The van der Waals surface area contributed by atoms with E-state index in [0.717, 1.165) is 16.7 Å². The molecule has 0 unspecified atom stereocenters. The summed E-state index contributed by atoms with van der Waals surface area (Å²) >= 11 is 0. The minimum Gasteiger partial charge on any atom is -0.149 e. The zero-order valence-electron chi connectivity index (χ0n) is 8.93. The molecule has 0 saturated heterocycles. The van der Waals surface area contributed by atoms with Crippen LogP contribution in [0.4, 0.5) is 0 Å². The summed E-state index contributed by atoms with van der Waals surface area (Å²) in [5.41, 5.74) is 2.85. The lowest BCUT2D eigenvalue weighted by Crippen LogP contribution is -2.05. The zero-order chi connectivity index (χ0) is 11.4. The maximum absolute atomic E-state index is 10.2. The van der Waals surface area contributed by atoms with Crippen LogP contribution < -0.4 is 5.41 Å². The van der Waals surface area contributed by atoms with E-state index in [1.54, 1.807) is 6.08 Å². The van der Waals surface area contributed by atoms with Gasteiger partial charge in [0.1, 0.15) is 5.71 Å². The molecule has 0 aromatic heterocycles. The molecule has 2 rings (SSSR count). The van der Waals surface area contributed by atoms with Crippen molar-refractivity contribution in [3.8, 4) is 0 Å². The van der Waals surface area contributed by atoms with Crippen molar-refractivity contribution in [2.24, 2.45) is 0 Å². The van der Waals surface area contributed by atoms with E-state index >= 15 is 0 Å². The highest BCUT2D eigenvalue weighted by atomic mass is 14.4. The zero-order valence-corrected chi connectivity index (χ0v) is 8.93. The van der Waals surface area contributed by atoms with Crippen LogP contribution in [0.1, 0.15) is 16.7 Å². The second-order valence-electron chi connectivity index (χ2n) is 3.51. The van der Waals surface area contributed by atoms with Crippen LogP contribution in [0.2, 0.25) is 0 Å². The SMILES string of the molecule is C=Cc1ccccc1C(=[N])c1ccccc1. The molecule has 0 amide bonds. The molecule has 0 N–H and O–H groups in total. The first-order valence-corrected chi connectivity index (χ1v) is 5.16. The first kappa shape index (κ1) is 10.4. The molecule has 0 saturated carbocycles. The van der Waals surface area contributed by atoms with Gasteiger partial charge in [0.05, 0.1) is 0 Å². The Balaban J connectivity index is 2.46. The Morgan fingerprint density at radius 3 is 2.25 bits per heavy atom. The molecule has 0 spiro atoms. The summed E-state index contributed by atoms with van der Waals surface area (Å²) in [6.07, 6.45) is 1.74. The second kappa shape index (κ2) is 4.58. The maximum Gasteiger partial charge on any atom is 0.101 e. The Bertz CT molecular complexity index is 512. The summed E-state index contributed by atoms with van der Waals surface area (Å²) in [4.78, 5) is 0. The first-order valence-electron chi connectivity index (χ1n) is 5.16. The lowest BCUT2D eigenvalue weighted by molar-refractivity contribution is 1.54. The molecule has 0 bridgehead atoms. The highest BCUT2D eigenvalue weighted by molar-refractivity contribution is 6.13. The van der Waals surface area contributed by atoms with Gasteiger partial charge in [-0.1, -0.05) is 67.3 Å². The van der Waals surface area contributed by atoms with Crippen LogP contribution in [0.25, 0.3) is 6.08 Å². The van der Waals surface area contributed by atoms with Gasteiger partial charge in [-0.2, -0.15) is 0 Å². The number of nitrogens with zero attached hydrogens (tertiary/aromatic N) is 1. The van der Waals surface area contributed by atoms with Crippen molar-refractivity contribution < 1.29 is 0 Å². The summed E-state index contributed by atoms with van der Waals surface area (Å²) in [5.74, 6) is 0. The molecule has 0 aliphatic carbocycles. The fraction of sp³-hybridized carbons (Fsp3) is 0. The molecule has 0 fully saturated rings. The van der Waals surface area contributed by atoms with Gasteiger partial charge in [0, 0.05) is 11.1 Å². The Hall–Kier alpha value is -2.15. The van der Waals surface area contributed by atoms with E-state index in [9.17, 15) is 5.41 Å². The summed E-state index contributed by atoms with van der Waals surface area (Å²) < 4.78 is 0. The van der Waals surface area contributed by atoms with E-state index in [-0.39, 0.29) is 5.71 Å². The Kier molecular flexibility index (Phi) is 2.97. The molecule has 77 valence electrons. The summed E-state index contributed by atoms with van der Waals surface area (Å²) in [6.45, 7) is 3.74. The van der Waals surface area contributed by atoms with Crippen molar-refractivity contribution in [2.75, 3.05) is 0 Å². The lowest BCUT2D eigenvalue weighted by Gasteiger charge is -2.06. The van der Waals surface area contributed by atoms with Crippen LogP contribution >= 0.6 is 0 Å². The van der Waals surface area contributed by atoms with Gasteiger partial charge in [0.15, 0.2) is 0 Å². The summed E-state index contributed by atoms with van der Waals surface area (Å²) in [5, 5.41) is 10.2. The number of hydrogen-bond acceptors (Lipinski definition) is 0. The summed E-state index contributed by atoms with van der Waals surface area (Å²) in [6, 6.07) is 17.2. The fourth-order valence-electron chi connectivity index (χ4n) is 1.64.